The van der Waals surface area contributed by atoms with Crippen LogP contribution in [0.15, 0.2) is 30.3 Å². The molecule has 0 saturated carbocycles. The zero-order chi connectivity index (χ0) is 12.7. The minimum atomic E-state index is -0.656. The first-order valence-electron chi connectivity index (χ1n) is 5.32. The predicted molar refractivity (Wildman–Crippen MR) is 62.6 cm³/mol. The van der Waals surface area contributed by atoms with Gasteiger partial charge in [-0.2, -0.15) is 0 Å². The summed E-state index contributed by atoms with van der Waals surface area (Å²) in [6.45, 7) is 0.228. The van der Waals surface area contributed by atoms with Crippen LogP contribution in [0.2, 0.25) is 0 Å². The van der Waals surface area contributed by atoms with Crippen LogP contribution < -0.4 is 11.5 Å². The molecule has 4 N–H and O–H groups in total. The van der Waals surface area contributed by atoms with Gasteiger partial charge in [0.2, 0.25) is 5.91 Å². The van der Waals surface area contributed by atoms with Gasteiger partial charge in [-0.3, -0.25) is 9.59 Å². The molecule has 92 valence electrons. The van der Waals surface area contributed by atoms with Gasteiger partial charge < -0.3 is 16.2 Å². The summed E-state index contributed by atoms with van der Waals surface area (Å²) in [5.74, 6) is -1.71. The van der Waals surface area contributed by atoms with Crippen LogP contribution in [0.1, 0.15) is 12.0 Å². The molecule has 0 aliphatic heterocycles. The first-order chi connectivity index (χ1) is 8.13. The van der Waals surface area contributed by atoms with Gasteiger partial charge in [0.15, 0.2) is 0 Å². The predicted octanol–water partition coefficient (Wildman–Crippen LogP) is 0.180. The third-order valence-corrected chi connectivity index (χ3v) is 2.29. The van der Waals surface area contributed by atoms with Crippen LogP contribution in [-0.4, -0.2) is 18.4 Å². The third-order valence-electron chi connectivity index (χ3n) is 2.29. The first-order valence-corrected chi connectivity index (χ1v) is 5.32. The Kier molecular flexibility index (Phi) is 5.16. The maximum atomic E-state index is 11.6. The summed E-state index contributed by atoms with van der Waals surface area (Å²) in [4.78, 5) is 22.3. The molecule has 0 aliphatic carbocycles. The van der Waals surface area contributed by atoms with Crippen molar-refractivity contribution >= 4 is 11.9 Å². The number of nitrogens with two attached hydrogens (primary N) is 2. The topological polar surface area (TPSA) is 95.4 Å². The standard InChI is InChI=1S/C12H16N2O3/c13-7-10(6-11(14)15)12(16)17-8-9-4-2-1-3-5-9/h1-5,10H,6-8,13H2,(H2,14,15). The van der Waals surface area contributed by atoms with E-state index in [1.54, 1.807) is 0 Å². The molecule has 0 bridgehead atoms. The number of primary amides is 1. The maximum absolute atomic E-state index is 11.6. The van der Waals surface area contributed by atoms with Crippen LogP contribution in [0.5, 0.6) is 0 Å². The van der Waals surface area contributed by atoms with Crippen LogP contribution in [0.4, 0.5) is 0 Å². The van der Waals surface area contributed by atoms with E-state index in [1.165, 1.54) is 0 Å². The van der Waals surface area contributed by atoms with E-state index in [-0.39, 0.29) is 19.6 Å². The molecule has 5 heteroatoms. The monoisotopic (exact) mass is 236 g/mol. The van der Waals surface area contributed by atoms with E-state index < -0.39 is 17.8 Å². The Hall–Kier alpha value is -1.88. The molecule has 0 aliphatic rings. The minimum absolute atomic E-state index is 0.0521. The Morgan fingerprint density at radius 1 is 1.24 bits per heavy atom. The number of hydrogen-bond donors (Lipinski definition) is 2. The summed E-state index contributed by atoms with van der Waals surface area (Å²) in [6.07, 6.45) is -0.0792. The van der Waals surface area contributed by atoms with Crippen LogP contribution in [0.3, 0.4) is 0 Å². The van der Waals surface area contributed by atoms with Gasteiger partial charge in [-0.25, -0.2) is 0 Å². The number of esters is 1. The van der Waals surface area contributed by atoms with E-state index in [2.05, 4.69) is 0 Å². The van der Waals surface area contributed by atoms with Crippen LogP contribution in [0, 0.1) is 5.92 Å². The molecule has 1 aromatic rings. The van der Waals surface area contributed by atoms with Gasteiger partial charge in [-0.15, -0.1) is 0 Å². The van der Waals surface area contributed by atoms with Gasteiger partial charge in [0, 0.05) is 13.0 Å². The van der Waals surface area contributed by atoms with Gasteiger partial charge in [0.25, 0.3) is 0 Å². The summed E-state index contributed by atoms with van der Waals surface area (Å²) in [6, 6.07) is 9.28. The van der Waals surface area contributed by atoms with Crippen molar-refractivity contribution in [3.63, 3.8) is 0 Å². The molecule has 0 fully saturated rings. The molecule has 0 spiro atoms. The SMILES string of the molecule is NCC(CC(N)=O)C(=O)OCc1ccccc1. The Bertz CT molecular complexity index is 379. The zero-order valence-corrected chi connectivity index (χ0v) is 9.46. The summed E-state index contributed by atoms with van der Waals surface area (Å²) < 4.78 is 5.06. The van der Waals surface area contributed by atoms with Gasteiger partial charge >= 0.3 is 5.97 Å². The van der Waals surface area contributed by atoms with Crippen molar-refractivity contribution in [1.29, 1.82) is 0 Å². The fourth-order valence-electron chi connectivity index (χ4n) is 1.35. The summed E-state index contributed by atoms with van der Waals surface area (Å²) in [5, 5.41) is 0. The molecule has 0 heterocycles. The fraction of sp³-hybridized carbons (Fsp3) is 0.333. The summed E-state index contributed by atoms with van der Waals surface area (Å²) in [5.41, 5.74) is 11.3. The smallest absolute Gasteiger partial charge is 0.311 e. The van der Waals surface area contributed by atoms with Crippen molar-refractivity contribution in [1.82, 2.24) is 0 Å². The highest BCUT2D eigenvalue weighted by molar-refractivity contribution is 5.82. The van der Waals surface area contributed by atoms with E-state index in [0.717, 1.165) is 5.56 Å². The number of benzene rings is 1. The van der Waals surface area contributed by atoms with Crippen molar-refractivity contribution in [2.45, 2.75) is 13.0 Å². The van der Waals surface area contributed by atoms with E-state index in [1.807, 2.05) is 30.3 Å². The highest BCUT2D eigenvalue weighted by Crippen LogP contribution is 2.07. The van der Waals surface area contributed by atoms with Crippen LogP contribution >= 0.6 is 0 Å². The lowest BCUT2D eigenvalue weighted by Gasteiger charge is -2.12. The summed E-state index contributed by atoms with van der Waals surface area (Å²) in [7, 11) is 0. The van der Waals surface area contributed by atoms with Crippen molar-refractivity contribution in [3.8, 4) is 0 Å². The third kappa shape index (κ3) is 4.65. The molecule has 1 aromatic carbocycles. The molecule has 1 atom stereocenters. The van der Waals surface area contributed by atoms with E-state index in [0.29, 0.717) is 0 Å². The number of carbonyl (C=O) groups excluding carboxylic acids is 2. The molecule has 1 amide bonds. The number of rotatable bonds is 6. The van der Waals surface area contributed by atoms with Crippen molar-refractivity contribution < 1.29 is 14.3 Å². The lowest BCUT2D eigenvalue weighted by atomic mass is 10.1. The van der Waals surface area contributed by atoms with Crippen molar-refractivity contribution in [3.05, 3.63) is 35.9 Å². The molecule has 1 unspecified atom stereocenters. The Morgan fingerprint density at radius 3 is 2.41 bits per heavy atom. The molecular weight excluding hydrogens is 220 g/mol. The summed E-state index contributed by atoms with van der Waals surface area (Å²) >= 11 is 0. The van der Waals surface area contributed by atoms with E-state index in [9.17, 15) is 9.59 Å². The Balaban J connectivity index is 2.45. The van der Waals surface area contributed by atoms with Gasteiger partial charge in [-0.1, -0.05) is 30.3 Å². The molecule has 0 radical (unpaired) electrons. The zero-order valence-electron chi connectivity index (χ0n) is 9.46. The molecule has 1 rings (SSSR count). The quantitative estimate of drug-likeness (QED) is 0.689. The normalized spacial score (nSPS) is 11.8. The van der Waals surface area contributed by atoms with Gasteiger partial charge in [0.05, 0.1) is 5.92 Å². The van der Waals surface area contributed by atoms with Gasteiger partial charge in [0.1, 0.15) is 6.61 Å². The molecule has 0 aromatic heterocycles. The number of amides is 1. The molecule has 0 saturated heterocycles. The van der Waals surface area contributed by atoms with Crippen LogP contribution in [-0.2, 0) is 20.9 Å². The highest BCUT2D eigenvalue weighted by Gasteiger charge is 2.20. The largest absolute Gasteiger partial charge is 0.461 e. The average molecular weight is 236 g/mol. The maximum Gasteiger partial charge on any atom is 0.311 e. The lowest BCUT2D eigenvalue weighted by Crippen LogP contribution is -2.30. The van der Waals surface area contributed by atoms with Crippen molar-refractivity contribution in [2.24, 2.45) is 17.4 Å². The van der Waals surface area contributed by atoms with Gasteiger partial charge in [-0.05, 0) is 5.56 Å². The number of hydrogen-bond acceptors (Lipinski definition) is 4. The molecule has 5 nitrogen and oxygen atoms in total. The molecular formula is C12H16N2O3. The second-order valence-electron chi connectivity index (χ2n) is 3.70. The van der Waals surface area contributed by atoms with E-state index in [4.69, 9.17) is 16.2 Å². The lowest BCUT2D eigenvalue weighted by molar-refractivity contribution is -0.151. The van der Waals surface area contributed by atoms with E-state index >= 15 is 0 Å². The second kappa shape index (κ2) is 6.65. The fourth-order valence-corrected chi connectivity index (χ4v) is 1.35. The van der Waals surface area contributed by atoms with Crippen molar-refractivity contribution in [2.75, 3.05) is 6.54 Å². The Morgan fingerprint density at radius 2 is 1.88 bits per heavy atom. The Labute approximate surface area is 99.7 Å². The highest BCUT2D eigenvalue weighted by atomic mass is 16.5. The van der Waals surface area contributed by atoms with Crippen LogP contribution in [0.25, 0.3) is 0 Å². The minimum Gasteiger partial charge on any atom is -0.461 e. The number of carbonyl (C=O) groups is 2. The first kappa shape index (κ1) is 13.2. The number of ether oxygens (including phenoxy) is 1. The average Bonchev–Trinajstić information content (AvgIpc) is 2.34. The molecule has 17 heavy (non-hydrogen) atoms. The second-order valence-corrected chi connectivity index (χ2v) is 3.70.